The third-order valence-electron chi connectivity index (χ3n) is 4.15. The molecule has 2 aromatic carbocycles. The van der Waals surface area contributed by atoms with E-state index in [-0.39, 0.29) is 36.1 Å². The van der Waals surface area contributed by atoms with Crippen molar-refractivity contribution in [3.05, 3.63) is 71.8 Å². The predicted molar refractivity (Wildman–Crippen MR) is 96.8 cm³/mol. The van der Waals surface area contributed by atoms with Gasteiger partial charge < -0.3 is 20.3 Å². The van der Waals surface area contributed by atoms with E-state index in [4.69, 9.17) is 4.74 Å². The monoisotopic (exact) mass is 347 g/mol. The first-order valence-electron chi connectivity index (χ1n) is 7.76. The van der Waals surface area contributed by atoms with Gasteiger partial charge in [0.05, 0.1) is 12.2 Å². The van der Waals surface area contributed by atoms with Crippen LogP contribution in [0.15, 0.2) is 55.1 Å². The molecule has 0 aromatic heterocycles. The van der Waals surface area contributed by atoms with E-state index in [9.17, 15) is 10.2 Å². The number of phenols is 2. The van der Waals surface area contributed by atoms with Crippen LogP contribution >= 0.6 is 12.4 Å². The Hall–Kier alpha value is -2.01. The molecule has 0 saturated heterocycles. The molecule has 0 spiro atoms. The number of phenolic OH excluding ortho intramolecular Hbond substituents is 2. The smallest absolute Gasteiger partial charge is 0.161 e. The molecule has 0 radical (unpaired) electrons. The van der Waals surface area contributed by atoms with Crippen LogP contribution in [0.3, 0.4) is 0 Å². The third-order valence-corrected chi connectivity index (χ3v) is 4.15. The lowest BCUT2D eigenvalue weighted by molar-refractivity contribution is -0.0268. The van der Waals surface area contributed by atoms with Gasteiger partial charge in [0, 0.05) is 25.1 Å². The van der Waals surface area contributed by atoms with Crippen LogP contribution in [0.1, 0.15) is 28.9 Å². The van der Waals surface area contributed by atoms with Crippen molar-refractivity contribution in [1.29, 1.82) is 0 Å². The van der Waals surface area contributed by atoms with E-state index in [2.05, 4.69) is 11.9 Å². The standard InChI is InChI=1S/C19H21NO3.ClH/c1-2-10-20-12-18-14-8-9-16(21)19(22)15(14)11-17(23-18)13-6-4-3-5-7-13;/h2-9,17-18,20-22H,1,10-12H2;1H/t17-,18-;/m0./s1. The van der Waals surface area contributed by atoms with E-state index >= 15 is 0 Å². The van der Waals surface area contributed by atoms with Crippen LogP contribution in [0.2, 0.25) is 0 Å². The third kappa shape index (κ3) is 3.73. The van der Waals surface area contributed by atoms with Gasteiger partial charge in [0.15, 0.2) is 11.5 Å². The number of benzene rings is 2. The Morgan fingerprint density at radius 2 is 1.92 bits per heavy atom. The number of halogens is 1. The number of hydrogen-bond acceptors (Lipinski definition) is 4. The van der Waals surface area contributed by atoms with Gasteiger partial charge in [0.2, 0.25) is 0 Å². The summed E-state index contributed by atoms with van der Waals surface area (Å²) in [7, 11) is 0. The molecule has 4 nitrogen and oxygen atoms in total. The van der Waals surface area contributed by atoms with Crippen molar-refractivity contribution >= 4 is 12.4 Å². The Morgan fingerprint density at radius 3 is 2.62 bits per heavy atom. The highest BCUT2D eigenvalue weighted by Crippen LogP contribution is 2.43. The van der Waals surface area contributed by atoms with Crippen molar-refractivity contribution in [3.63, 3.8) is 0 Å². The summed E-state index contributed by atoms with van der Waals surface area (Å²) < 4.78 is 6.25. The van der Waals surface area contributed by atoms with Crippen molar-refractivity contribution in [2.75, 3.05) is 13.1 Å². The molecule has 3 rings (SSSR count). The summed E-state index contributed by atoms with van der Waals surface area (Å²) in [6, 6.07) is 13.3. The highest BCUT2D eigenvalue weighted by molar-refractivity contribution is 5.85. The number of hydrogen-bond donors (Lipinski definition) is 3. The van der Waals surface area contributed by atoms with Crippen molar-refractivity contribution in [3.8, 4) is 11.5 Å². The van der Waals surface area contributed by atoms with E-state index in [1.165, 1.54) is 6.07 Å². The number of nitrogens with one attached hydrogen (secondary N) is 1. The number of ether oxygens (including phenoxy) is 1. The highest BCUT2D eigenvalue weighted by atomic mass is 35.5. The Balaban J connectivity index is 0.00000208. The van der Waals surface area contributed by atoms with Gasteiger partial charge in [-0.15, -0.1) is 19.0 Å². The number of aromatic hydroxyl groups is 2. The summed E-state index contributed by atoms with van der Waals surface area (Å²) in [5.74, 6) is -0.129. The molecule has 0 aliphatic carbocycles. The molecule has 0 amide bonds. The number of rotatable bonds is 5. The maximum absolute atomic E-state index is 10.3. The zero-order valence-electron chi connectivity index (χ0n) is 13.3. The van der Waals surface area contributed by atoms with Crippen LogP contribution in [0.4, 0.5) is 0 Å². The Morgan fingerprint density at radius 1 is 1.17 bits per heavy atom. The minimum atomic E-state index is -0.185. The highest BCUT2D eigenvalue weighted by Gasteiger charge is 2.31. The maximum Gasteiger partial charge on any atom is 0.161 e. The molecule has 0 fully saturated rings. The molecule has 1 aliphatic heterocycles. The SMILES string of the molecule is C=CCNC[C@@H]1O[C@H](c2ccccc2)Cc2c1ccc(O)c2O.Cl. The largest absolute Gasteiger partial charge is 0.504 e. The topological polar surface area (TPSA) is 61.7 Å². The predicted octanol–water partition coefficient (Wildman–Crippen LogP) is 3.65. The molecular formula is C19H22ClNO3. The first-order valence-corrected chi connectivity index (χ1v) is 7.76. The molecular weight excluding hydrogens is 326 g/mol. The van der Waals surface area contributed by atoms with E-state index in [0.717, 1.165) is 16.7 Å². The van der Waals surface area contributed by atoms with E-state index in [0.29, 0.717) is 19.5 Å². The van der Waals surface area contributed by atoms with Crippen molar-refractivity contribution in [2.45, 2.75) is 18.6 Å². The molecule has 2 atom stereocenters. The van der Waals surface area contributed by atoms with Gasteiger partial charge in [-0.3, -0.25) is 0 Å². The van der Waals surface area contributed by atoms with E-state index in [1.54, 1.807) is 6.08 Å². The zero-order chi connectivity index (χ0) is 16.2. The molecule has 24 heavy (non-hydrogen) atoms. The fourth-order valence-electron chi connectivity index (χ4n) is 3.00. The van der Waals surface area contributed by atoms with Gasteiger partial charge >= 0.3 is 0 Å². The minimum absolute atomic E-state index is 0. The second-order valence-electron chi connectivity index (χ2n) is 5.68. The van der Waals surface area contributed by atoms with Crippen molar-refractivity contribution < 1.29 is 14.9 Å². The van der Waals surface area contributed by atoms with Crippen molar-refractivity contribution in [1.82, 2.24) is 5.32 Å². The molecule has 0 unspecified atom stereocenters. The summed E-state index contributed by atoms with van der Waals surface area (Å²) in [6.07, 6.45) is 2.01. The van der Waals surface area contributed by atoms with Gasteiger partial charge in [-0.25, -0.2) is 0 Å². The van der Waals surface area contributed by atoms with Crippen LogP contribution in [0, 0.1) is 0 Å². The maximum atomic E-state index is 10.3. The lowest BCUT2D eigenvalue weighted by Crippen LogP contribution is -2.29. The lowest BCUT2D eigenvalue weighted by Gasteiger charge is -2.33. The zero-order valence-corrected chi connectivity index (χ0v) is 14.1. The van der Waals surface area contributed by atoms with Gasteiger partial charge in [-0.2, -0.15) is 0 Å². The van der Waals surface area contributed by atoms with Crippen LogP contribution in [-0.4, -0.2) is 23.3 Å². The van der Waals surface area contributed by atoms with E-state index in [1.807, 2.05) is 36.4 Å². The molecule has 1 aliphatic rings. The second-order valence-corrected chi connectivity index (χ2v) is 5.68. The normalized spacial score (nSPS) is 19.2. The molecule has 2 aromatic rings. The summed E-state index contributed by atoms with van der Waals surface area (Å²) >= 11 is 0. The summed E-state index contributed by atoms with van der Waals surface area (Å²) in [5.41, 5.74) is 2.74. The first kappa shape index (κ1) is 18.3. The van der Waals surface area contributed by atoms with Crippen LogP contribution < -0.4 is 5.32 Å². The van der Waals surface area contributed by atoms with Gasteiger partial charge in [0.1, 0.15) is 0 Å². The number of fused-ring (bicyclic) bond motifs is 1. The summed E-state index contributed by atoms with van der Waals surface area (Å²) in [6.45, 7) is 5.01. The fourth-order valence-corrected chi connectivity index (χ4v) is 3.00. The average molecular weight is 348 g/mol. The fraction of sp³-hybridized carbons (Fsp3) is 0.263. The quantitative estimate of drug-likeness (QED) is 0.439. The Bertz CT molecular complexity index is 691. The molecule has 1 heterocycles. The van der Waals surface area contributed by atoms with Gasteiger partial charge in [-0.05, 0) is 17.2 Å². The van der Waals surface area contributed by atoms with Crippen LogP contribution in [-0.2, 0) is 11.2 Å². The van der Waals surface area contributed by atoms with Gasteiger partial charge in [-0.1, -0.05) is 42.5 Å². The van der Waals surface area contributed by atoms with Crippen molar-refractivity contribution in [2.24, 2.45) is 0 Å². The minimum Gasteiger partial charge on any atom is -0.504 e. The molecule has 5 heteroatoms. The molecule has 0 bridgehead atoms. The summed E-state index contributed by atoms with van der Waals surface area (Å²) in [5, 5.41) is 23.3. The average Bonchev–Trinajstić information content (AvgIpc) is 2.59. The van der Waals surface area contributed by atoms with Crippen LogP contribution in [0.25, 0.3) is 0 Å². The Kier molecular flexibility index (Phi) is 6.26. The summed E-state index contributed by atoms with van der Waals surface area (Å²) in [4.78, 5) is 0. The lowest BCUT2D eigenvalue weighted by atomic mass is 9.90. The Labute approximate surface area is 148 Å². The van der Waals surface area contributed by atoms with Crippen LogP contribution in [0.5, 0.6) is 11.5 Å². The molecule has 128 valence electrons. The second kappa shape index (κ2) is 8.20. The van der Waals surface area contributed by atoms with Gasteiger partial charge in [0.25, 0.3) is 0 Å². The molecule has 3 N–H and O–H groups in total. The first-order chi connectivity index (χ1) is 11.2. The van der Waals surface area contributed by atoms with E-state index < -0.39 is 0 Å². The molecule has 0 saturated carbocycles.